The zero-order valence-corrected chi connectivity index (χ0v) is 13.9. The molecule has 0 spiro atoms. The van der Waals surface area contributed by atoms with E-state index in [2.05, 4.69) is 39.1 Å². The monoisotopic (exact) mass is 350 g/mol. The predicted octanol–water partition coefficient (Wildman–Crippen LogP) is 4.13. The number of piperidine rings is 1. The third-order valence-corrected chi connectivity index (χ3v) is 5.78. The molecule has 0 saturated carbocycles. The van der Waals surface area contributed by atoms with E-state index in [9.17, 15) is 0 Å². The number of nitrogens with one attached hydrogen (secondary N) is 1. The number of likely N-dealkylation sites (tertiary alicyclic amines) is 1. The van der Waals surface area contributed by atoms with Crippen LogP contribution in [-0.4, -0.2) is 30.6 Å². The van der Waals surface area contributed by atoms with E-state index in [-0.39, 0.29) is 0 Å². The van der Waals surface area contributed by atoms with Crippen molar-refractivity contribution in [3.63, 3.8) is 0 Å². The molecule has 1 aliphatic rings. The fourth-order valence-corrected chi connectivity index (χ4v) is 4.09. The summed E-state index contributed by atoms with van der Waals surface area (Å²) in [6.07, 6.45) is 4.13. The van der Waals surface area contributed by atoms with Crippen molar-refractivity contribution >= 4 is 38.9 Å². The Balaban J connectivity index is 1.72. The van der Waals surface area contributed by atoms with Crippen LogP contribution in [0.4, 0.5) is 0 Å². The van der Waals surface area contributed by atoms with Crippen molar-refractivity contribution in [2.24, 2.45) is 0 Å². The van der Waals surface area contributed by atoms with Crippen molar-refractivity contribution in [3.8, 4) is 0 Å². The van der Waals surface area contributed by atoms with E-state index in [1.165, 1.54) is 37.2 Å². The molecule has 0 aliphatic carbocycles. The topological polar surface area (TPSA) is 15.3 Å². The summed E-state index contributed by atoms with van der Waals surface area (Å²) in [5, 5.41) is 3.58. The molecule has 0 bridgehead atoms. The first kappa shape index (κ1) is 14.8. The Morgan fingerprint density at radius 1 is 1.44 bits per heavy atom. The Kier molecular flexibility index (Phi) is 5.96. The van der Waals surface area contributed by atoms with E-state index in [0.717, 1.165) is 21.9 Å². The maximum atomic E-state index is 6.04. The molecule has 1 N–H and O–H groups in total. The summed E-state index contributed by atoms with van der Waals surface area (Å²) in [7, 11) is 0. The van der Waals surface area contributed by atoms with E-state index in [1.807, 2.05) is 0 Å². The Morgan fingerprint density at radius 3 is 2.78 bits per heavy atom. The van der Waals surface area contributed by atoms with Crippen LogP contribution in [0, 0.1) is 0 Å². The lowest BCUT2D eigenvalue weighted by molar-refractivity contribution is 0.209. The predicted molar refractivity (Wildman–Crippen MR) is 83.6 cm³/mol. The Labute approximate surface area is 127 Å². The van der Waals surface area contributed by atoms with Gasteiger partial charge in [0.15, 0.2) is 0 Å². The van der Waals surface area contributed by atoms with Crippen LogP contribution in [0.15, 0.2) is 10.5 Å². The second kappa shape index (κ2) is 7.25. The van der Waals surface area contributed by atoms with Gasteiger partial charge in [-0.15, -0.1) is 11.3 Å². The minimum absolute atomic E-state index is 0.530. The number of hydrogen-bond donors (Lipinski definition) is 1. The first-order chi connectivity index (χ1) is 8.65. The molecule has 2 rings (SSSR count). The van der Waals surface area contributed by atoms with E-state index in [0.29, 0.717) is 6.04 Å². The SMILES string of the molecule is CC(CN1CCCCC1)NCc1cc(Br)c(Cl)s1. The molecule has 1 aromatic heterocycles. The molecule has 1 aromatic rings. The molecule has 0 aromatic carbocycles. The van der Waals surface area contributed by atoms with E-state index in [1.54, 1.807) is 11.3 Å². The summed E-state index contributed by atoms with van der Waals surface area (Å²) in [5.74, 6) is 0. The van der Waals surface area contributed by atoms with Gasteiger partial charge >= 0.3 is 0 Å². The average molecular weight is 352 g/mol. The molecule has 102 valence electrons. The Bertz CT molecular complexity index is 358. The molecular formula is C13H20BrClN2S. The molecule has 1 aliphatic heterocycles. The highest BCUT2D eigenvalue weighted by atomic mass is 79.9. The van der Waals surface area contributed by atoms with Crippen LogP contribution in [0.1, 0.15) is 31.1 Å². The van der Waals surface area contributed by atoms with Gasteiger partial charge in [0, 0.05) is 28.5 Å². The molecule has 1 saturated heterocycles. The number of rotatable bonds is 5. The summed E-state index contributed by atoms with van der Waals surface area (Å²) in [4.78, 5) is 3.86. The van der Waals surface area contributed by atoms with Crippen LogP contribution in [0.2, 0.25) is 4.34 Å². The normalized spacial score (nSPS) is 19.1. The number of thiophene rings is 1. The van der Waals surface area contributed by atoms with Gasteiger partial charge in [-0.25, -0.2) is 0 Å². The molecule has 0 amide bonds. The number of halogens is 2. The summed E-state index contributed by atoms with van der Waals surface area (Å²) in [5.41, 5.74) is 0. The summed E-state index contributed by atoms with van der Waals surface area (Å²) >= 11 is 11.1. The van der Waals surface area contributed by atoms with Gasteiger partial charge in [0.25, 0.3) is 0 Å². The quantitative estimate of drug-likeness (QED) is 0.858. The maximum absolute atomic E-state index is 6.04. The zero-order valence-electron chi connectivity index (χ0n) is 10.7. The van der Waals surface area contributed by atoms with Gasteiger partial charge in [-0.2, -0.15) is 0 Å². The van der Waals surface area contributed by atoms with Gasteiger partial charge in [-0.1, -0.05) is 18.0 Å². The van der Waals surface area contributed by atoms with Crippen LogP contribution in [0.25, 0.3) is 0 Å². The summed E-state index contributed by atoms with van der Waals surface area (Å²) < 4.78 is 1.85. The molecule has 0 radical (unpaired) electrons. The van der Waals surface area contributed by atoms with Gasteiger partial charge in [0.1, 0.15) is 4.34 Å². The lowest BCUT2D eigenvalue weighted by atomic mass is 10.1. The van der Waals surface area contributed by atoms with Gasteiger partial charge < -0.3 is 10.2 Å². The molecule has 2 nitrogen and oxygen atoms in total. The largest absolute Gasteiger partial charge is 0.308 e. The molecule has 5 heteroatoms. The fourth-order valence-electron chi connectivity index (χ4n) is 2.35. The van der Waals surface area contributed by atoms with Crippen LogP contribution in [0.5, 0.6) is 0 Å². The second-order valence-corrected chi connectivity index (χ2v) is 7.57. The summed E-state index contributed by atoms with van der Waals surface area (Å²) in [6, 6.07) is 2.64. The average Bonchev–Trinajstić information content (AvgIpc) is 2.68. The van der Waals surface area contributed by atoms with Crippen molar-refractivity contribution in [1.29, 1.82) is 0 Å². The highest BCUT2D eigenvalue weighted by molar-refractivity contribution is 9.10. The highest BCUT2D eigenvalue weighted by Crippen LogP contribution is 2.31. The molecule has 1 atom stereocenters. The van der Waals surface area contributed by atoms with E-state index >= 15 is 0 Å². The first-order valence-corrected chi connectivity index (χ1v) is 8.53. The first-order valence-electron chi connectivity index (χ1n) is 6.54. The fraction of sp³-hybridized carbons (Fsp3) is 0.692. The Hall–Kier alpha value is 0.390. The number of nitrogens with zero attached hydrogens (tertiary/aromatic N) is 1. The third kappa shape index (κ3) is 4.49. The van der Waals surface area contributed by atoms with Crippen molar-refractivity contribution in [2.45, 2.75) is 38.8 Å². The van der Waals surface area contributed by atoms with E-state index < -0.39 is 0 Å². The van der Waals surface area contributed by atoms with Gasteiger partial charge in [0.2, 0.25) is 0 Å². The molecule has 2 heterocycles. The van der Waals surface area contributed by atoms with Crippen molar-refractivity contribution < 1.29 is 0 Å². The van der Waals surface area contributed by atoms with E-state index in [4.69, 9.17) is 11.6 Å². The molecule has 1 fully saturated rings. The smallest absolute Gasteiger partial charge is 0.107 e. The van der Waals surface area contributed by atoms with Crippen LogP contribution in [-0.2, 0) is 6.54 Å². The second-order valence-electron chi connectivity index (χ2n) is 4.98. The Morgan fingerprint density at radius 2 is 2.17 bits per heavy atom. The zero-order chi connectivity index (χ0) is 13.0. The van der Waals surface area contributed by atoms with Gasteiger partial charge in [-0.3, -0.25) is 0 Å². The van der Waals surface area contributed by atoms with Gasteiger partial charge in [0.05, 0.1) is 0 Å². The molecular weight excluding hydrogens is 332 g/mol. The van der Waals surface area contributed by atoms with Crippen molar-refractivity contribution in [3.05, 3.63) is 19.8 Å². The maximum Gasteiger partial charge on any atom is 0.107 e. The van der Waals surface area contributed by atoms with Crippen LogP contribution >= 0.6 is 38.9 Å². The van der Waals surface area contributed by atoms with Crippen LogP contribution in [0.3, 0.4) is 0 Å². The summed E-state index contributed by atoms with van der Waals surface area (Å²) in [6.45, 7) is 6.86. The van der Waals surface area contributed by atoms with Crippen molar-refractivity contribution in [2.75, 3.05) is 19.6 Å². The molecule has 18 heavy (non-hydrogen) atoms. The number of hydrogen-bond acceptors (Lipinski definition) is 3. The van der Waals surface area contributed by atoms with Gasteiger partial charge in [-0.05, 0) is 54.9 Å². The highest BCUT2D eigenvalue weighted by Gasteiger charge is 2.13. The minimum Gasteiger partial charge on any atom is -0.308 e. The standard InChI is InChI=1S/C13H20BrClN2S/c1-10(9-17-5-3-2-4-6-17)16-8-11-7-12(14)13(15)18-11/h7,10,16H,2-6,8-9H2,1H3. The minimum atomic E-state index is 0.530. The van der Waals surface area contributed by atoms with Crippen molar-refractivity contribution in [1.82, 2.24) is 10.2 Å². The lowest BCUT2D eigenvalue weighted by Crippen LogP contribution is -2.41. The third-order valence-electron chi connectivity index (χ3n) is 3.30. The molecule has 1 unspecified atom stereocenters. The van der Waals surface area contributed by atoms with Crippen LogP contribution < -0.4 is 5.32 Å². The lowest BCUT2D eigenvalue weighted by Gasteiger charge is -2.29.